The molecule has 5 heteroatoms. The molecule has 0 aromatic heterocycles. The second-order valence-electron chi connectivity index (χ2n) is 4.02. The predicted molar refractivity (Wildman–Crippen MR) is 70.2 cm³/mol. The van der Waals surface area contributed by atoms with Crippen molar-refractivity contribution < 1.29 is 8.42 Å². The van der Waals surface area contributed by atoms with Gasteiger partial charge in [-0.05, 0) is 24.9 Å². The van der Waals surface area contributed by atoms with Crippen molar-refractivity contribution in [3.63, 3.8) is 0 Å². The molecule has 0 aliphatic rings. The predicted octanol–water partition coefficient (Wildman–Crippen LogP) is 0.840. The molecular formula is C12H20N2O2S. The van der Waals surface area contributed by atoms with Gasteiger partial charge in [0.25, 0.3) is 0 Å². The molecule has 0 aliphatic heterocycles. The maximum Gasteiger partial charge on any atom is 0.213 e. The van der Waals surface area contributed by atoms with E-state index in [4.69, 9.17) is 5.73 Å². The lowest BCUT2D eigenvalue weighted by atomic mass is 10.2. The number of nitrogens with zero attached hydrogens (tertiary/aromatic N) is 1. The summed E-state index contributed by atoms with van der Waals surface area (Å²) in [5.74, 6) is 0.134. The summed E-state index contributed by atoms with van der Waals surface area (Å²) in [6, 6.07) is 9.86. The summed E-state index contributed by atoms with van der Waals surface area (Å²) in [4.78, 5) is 0. The Balaban J connectivity index is 2.47. The van der Waals surface area contributed by atoms with Crippen LogP contribution in [0.15, 0.2) is 30.3 Å². The number of likely N-dealkylation sites (N-methyl/N-ethyl adjacent to an activating group) is 1. The van der Waals surface area contributed by atoms with Crippen molar-refractivity contribution in [3.8, 4) is 0 Å². The second kappa shape index (κ2) is 6.74. The SMILES string of the molecule is CN(CCc1ccccc1)S(=O)(=O)CCCN. The summed E-state index contributed by atoms with van der Waals surface area (Å²) in [6.07, 6.45) is 1.25. The van der Waals surface area contributed by atoms with Crippen LogP contribution in [0.2, 0.25) is 0 Å². The van der Waals surface area contributed by atoms with Gasteiger partial charge in [-0.3, -0.25) is 0 Å². The van der Waals surface area contributed by atoms with Crippen molar-refractivity contribution in [3.05, 3.63) is 35.9 Å². The largest absolute Gasteiger partial charge is 0.330 e. The van der Waals surface area contributed by atoms with Gasteiger partial charge in [-0.25, -0.2) is 12.7 Å². The highest BCUT2D eigenvalue weighted by atomic mass is 32.2. The van der Waals surface area contributed by atoms with Crippen LogP contribution in [0.1, 0.15) is 12.0 Å². The highest BCUT2D eigenvalue weighted by Crippen LogP contribution is 2.04. The van der Waals surface area contributed by atoms with Gasteiger partial charge in [0.2, 0.25) is 10.0 Å². The molecule has 1 rings (SSSR count). The summed E-state index contributed by atoms with van der Waals surface area (Å²) in [5.41, 5.74) is 6.46. The zero-order chi connectivity index (χ0) is 12.7. The van der Waals surface area contributed by atoms with E-state index in [1.807, 2.05) is 30.3 Å². The summed E-state index contributed by atoms with van der Waals surface area (Å²) >= 11 is 0. The molecule has 0 fully saturated rings. The number of benzene rings is 1. The van der Waals surface area contributed by atoms with E-state index in [9.17, 15) is 8.42 Å². The molecule has 0 amide bonds. The third kappa shape index (κ3) is 4.85. The minimum atomic E-state index is -3.14. The molecule has 2 N–H and O–H groups in total. The van der Waals surface area contributed by atoms with Gasteiger partial charge in [-0.15, -0.1) is 0 Å². The first-order valence-electron chi connectivity index (χ1n) is 5.74. The molecule has 0 bridgehead atoms. The number of nitrogens with two attached hydrogens (primary N) is 1. The highest BCUT2D eigenvalue weighted by Gasteiger charge is 2.16. The fourth-order valence-electron chi connectivity index (χ4n) is 1.49. The topological polar surface area (TPSA) is 63.4 Å². The van der Waals surface area contributed by atoms with Gasteiger partial charge >= 0.3 is 0 Å². The third-order valence-electron chi connectivity index (χ3n) is 2.64. The normalized spacial score (nSPS) is 11.9. The third-order valence-corrected chi connectivity index (χ3v) is 4.58. The Labute approximate surface area is 103 Å². The lowest BCUT2D eigenvalue weighted by Gasteiger charge is -2.16. The van der Waals surface area contributed by atoms with E-state index >= 15 is 0 Å². The van der Waals surface area contributed by atoms with Crippen LogP contribution in [0.25, 0.3) is 0 Å². The van der Waals surface area contributed by atoms with Crippen LogP contribution in [0.4, 0.5) is 0 Å². The summed E-state index contributed by atoms with van der Waals surface area (Å²) in [5, 5.41) is 0. The van der Waals surface area contributed by atoms with Crippen molar-refractivity contribution in [2.24, 2.45) is 5.73 Å². The molecule has 1 aromatic rings. The zero-order valence-corrected chi connectivity index (χ0v) is 11.0. The molecule has 0 saturated heterocycles. The molecule has 1 aromatic carbocycles. The number of sulfonamides is 1. The molecule has 17 heavy (non-hydrogen) atoms. The molecule has 0 aliphatic carbocycles. The van der Waals surface area contributed by atoms with Crippen LogP contribution in [-0.4, -0.2) is 38.6 Å². The maximum absolute atomic E-state index is 11.8. The minimum Gasteiger partial charge on any atom is -0.330 e. The van der Waals surface area contributed by atoms with Crippen molar-refractivity contribution in [2.45, 2.75) is 12.8 Å². The molecular weight excluding hydrogens is 236 g/mol. The number of hydrogen-bond acceptors (Lipinski definition) is 3. The van der Waals surface area contributed by atoms with Crippen molar-refractivity contribution in [1.29, 1.82) is 0 Å². The van der Waals surface area contributed by atoms with E-state index in [2.05, 4.69) is 0 Å². The number of rotatable bonds is 7. The van der Waals surface area contributed by atoms with E-state index in [-0.39, 0.29) is 5.75 Å². The van der Waals surface area contributed by atoms with Crippen LogP contribution in [-0.2, 0) is 16.4 Å². The van der Waals surface area contributed by atoms with E-state index in [0.717, 1.165) is 12.0 Å². The molecule has 0 saturated carbocycles. The zero-order valence-electron chi connectivity index (χ0n) is 10.2. The second-order valence-corrected chi connectivity index (χ2v) is 6.21. The number of hydrogen-bond donors (Lipinski definition) is 1. The fraction of sp³-hybridized carbons (Fsp3) is 0.500. The summed E-state index contributed by atoms with van der Waals surface area (Å²) in [7, 11) is -1.52. The van der Waals surface area contributed by atoms with Crippen molar-refractivity contribution >= 4 is 10.0 Å². The van der Waals surface area contributed by atoms with Crippen LogP contribution in [0.3, 0.4) is 0 Å². The van der Waals surface area contributed by atoms with E-state index in [0.29, 0.717) is 19.5 Å². The van der Waals surface area contributed by atoms with Crippen molar-refractivity contribution in [2.75, 3.05) is 25.9 Å². The standard InChI is InChI=1S/C12H20N2O2S/c1-14(17(15,16)11-5-9-13)10-8-12-6-3-2-4-7-12/h2-4,6-7H,5,8-11,13H2,1H3. The average molecular weight is 256 g/mol. The molecule has 96 valence electrons. The van der Waals surface area contributed by atoms with Gasteiger partial charge in [0, 0.05) is 13.6 Å². The lowest BCUT2D eigenvalue weighted by molar-refractivity contribution is 0.471. The maximum atomic E-state index is 11.8. The summed E-state index contributed by atoms with van der Waals surface area (Å²) in [6.45, 7) is 0.919. The molecule has 0 radical (unpaired) electrons. The van der Waals surface area contributed by atoms with Crippen LogP contribution < -0.4 is 5.73 Å². The van der Waals surface area contributed by atoms with Crippen LogP contribution >= 0.6 is 0 Å². The van der Waals surface area contributed by atoms with Gasteiger partial charge in [-0.2, -0.15) is 0 Å². The lowest BCUT2D eigenvalue weighted by Crippen LogP contribution is -2.31. The van der Waals surface area contributed by atoms with Crippen molar-refractivity contribution in [1.82, 2.24) is 4.31 Å². The monoisotopic (exact) mass is 256 g/mol. The Hall–Kier alpha value is -0.910. The molecule has 0 spiro atoms. The van der Waals surface area contributed by atoms with Gasteiger partial charge in [-0.1, -0.05) is 30.3 Å². The van der Waals surface area contributed by atoms with Crippen LogP contribution in [0, 0.1) is 0 Å². The Morgan fingerprint density at radius 3 is 2.47 bits per heavy atom. The Morgan fingerprint density at radius 2 is 1.88 bits per heavy atom. The fourth-order valence-corrected chi connectivity index (χ4v) is 2.70. The summed E-state index contributed by atoms with van der Waals surface area (Å²) < 4.78 is 25.0. The Morgan fingerprint density at radius 1 is 1.24 bits per heavy atom. The smallest absolute Gasteiger partial charge is 0.213 e. The molecule has 0 atom stereocenters. The van der Waals surface area contributed by atoms with Crippen LogP contribution in [0.5, 0.6) is 0 Å². The van der Waals surface area contributed by atoms with E-state index < -0.39 is 10.0 Å². The van der Waals surface area contributed by atoms with E-state index in [1.54, 1.807) is 7.05 Å². The van der Waals surface area contributed by atoms with Gasteiger partial charge < -0.3 is 5.73 Å². The first-order chi connectivity index (χ1) is 8.06. The Kier molecular flexibility index (Phi) is 5.61. The minimum absolute atomic E-state index is 0.134. The van der Waals surface area contributed by atoms with Gasteiger partial charge in [0.1, 0.15) is 0 Å². The molecule has 4 nitrogen and oxygen atoms in total. The molecule has 0 unspecified atom stereocenters. The highest BCUT2D eigenvalue weighted by molar-refractivity contribution is 7.89. The quantitative estimate of drug-likeness (QED) is 0.786. The first-order valence-corrected chi connectivity index (χ1v) is 7.35. The van der Waals surface area contributed by atoms with E-state index in [1.165, 1.54) is 4.31 Å². The first kappa shape index (κ1) is 14.2. The average Bonchev–Trinajstić information content (AvgIpc) is 2.34. The van der Waals surface area contributed by atoms with Gasteiger partial charge in [0.15, 0.2) is 0 Å². The molecule has 0 heterocycles. The Bertz CT molecular complexity index is 417. The van der Waals surface area contributed by atoms with Gasteiger partial charge in [0.05, 0.1) is 5.75 Å².